The Morgan fingerprint density at radius 3 is 2.83 bits per heavy atom. The Morgan fingerprint density at radius 1 is 1.50 bits per heavy atom. The summed E-state index contributed by atoms with van der Waals surface area (Å²) in [5.74, 6) is 0.384. The van der Waals surface area contributed by atoms with E-state index in [1.807, 2.05) is 0 Å². The van der Waals surface area contributed by atoms with Crippen molar-refractivity contribution in [1.82, 2.24) is 10.6 Å². The minimum Gasteiger partial charge on any atom is -0.379 e. The highest BCUT2D eigenvalue weighted by Crippen LogP contribution is 2.07. The Hall–Kier alpha value is -0.610. The van der Waals surface area contributed by atoms with Crippen molar-refractivity contribution in [3.8, 4) is 0 Å². The van der Waals surface area contributed by atoms with Crippen LogP contribution in [0, 0.1) is 5.92 Å². The zero-order valence-corrected chi connectivity index (χ0v) is 7.01. The number of carbonyl (C=O) groups excluding carboxylic acids is 1. The van der Waals surface area contributed by atoms with Crippen LogP contribution < -0.4 is 10.6 Å². The molecule has 4 nitrogen and oxygen atoms in total. The molecule has 1 amide bonds. The van der Waals surface area contributed by atoms with Crippen molar-refractivity contribution in [1.29, 1.82) is 0 Å². The number of amides is 1. The number of hydrogen-bond acceptors (Lipinski definition) is 3. The molecule has 0 radical (unpaired) electrons. The Morgan fingerprint density at radius 2 is 2.33 bits per heavy atom. The summed E-state index contributed by atoms with van der Waals surface area (Å²) in [7, 11) is 0. The molecule has 2 aliphatic rings. The molecule has 2 heterocycles. The Kier molecular flexibility index (Phi) is 2.28. The van der Waals surface area contributed by atoms with Crippen LogP contribution in [0.25, 0.3) is 0 Å². The van der Waals surface area contributed by atoms with Gasteiger partial charge in [0.2, 0.25) is 5.91 Å². The molecule has 2 fully saturated rings. The summed E-state index contributed by atoms with van der Waals surface area (Å²) in [5, 5.41) is 6.05. The molecule has 4 heteroatoms. The van der Waals surface area contributed by atoms with Crippen LogP contribution in [0.15, 0.2) is 0 Å². The van der Waals surface area contributed by atoms with Crippen LogP contribution in [0.1, 0.15) is 6.42 Å². The zero-order valence-electron chi connectivity index (χ0n) is 7.01. The van der Waals surface area contributed by atoms with Crippen molar-refractivity contribution in [3.05, 3.63) is 0 Å². The lowest BCUT2D eigenvalue weighted by Crippen LogP contribution is -2.52. The highest BCUT2D eigenvalue weighted by molar-refractivity contribution is 5.80. The maximum Gasteiger partial charge on any atom is 0.225 e. The van der Waals surface area contributed by atoms with Crippen molar-refractivity contribution in [2.45, 2.75) is 12.5 Å². The molecule has 2 rings (SSSR count). The number of rotatable bonds is 2. The SMILES string of the molecule is O=C(NC1CCOC1)C1CNC1. The van der Waals surface area contributed by atoms with E-state index in [9.17, 15) is 4.79 Å². The molecule has 0 bridgehead atoms. The summed E-state index contributed by atoms with van der Waals surface area (Å²) in [6.45, 7) is 3.14. The van der Waals surface area contributed by atoms with E-state index in [0.29, 0.717) is 6.61 Å². The Labute approximate surface area is 71.7 Å². The molecule has 2 saturated heterocycles. The molecule has 1 unspecified atom stereocenters. The number of ether oxygens (including phenoxy) is 1. The van der Waals surface area contributed by atoms with Gasteiger partial charge in [-0.25, -0.2) is 0 Å². The molecule has 0 spiro atoms. The van der Waals surface area contributed by atoms with Gasteiger partial charge >= 0.3 is 0 Å². The molecular formula is C8H14N2O2. The van der Waals surface area contributed by atoms with Gasteiger partial charge in [0, 0.05) is 19.7 Å². The Bertz CT molecular complexity index is 174. The first-order chi connectivity index (χ1) is 5.86. The first-order valence-corrected chi connectivity index (χ1v) is 4.45. The van der Waals surface area contributed by atoms with Crippen molar-refractivity contribution < 1.29 is 9.53 Å². The van der Waals surface area contributed by atoms with E-state index in [4.69, 9.17) is 4.74 Å². The van der Waals surface area contributed by atoms with Crippen LogP contribution in [0.2, 0.25) is 0 Å². The first-order valence-electron chi connectivity index (χ1n) is 4.45. The van der Waals surface area contributed by atoms with Crippen molar-refractivity contribution >= 4 is 5.91 Å². The van der Waals surface area contributed by atoms with Gasteiger partial charge in [-0.2, -0.15) is 0 Å². The molecule has 2 aliphatic heterocycles. The quantitative estimate of drug-likeness (QED) is 0.565. The van der Waals surface area contributed by atoms with Crippen LogP contribution >= 0.6 is 0 Å². The number of hydrogen-bond donors (Lipinski definition) is 2. The lowest BCUT2D eigenvalue weighted by molar-refractivity contribution is -0.127. The lowest BCUT2D eigenvalue weighted by Gasteiger charge is -2.27. The maximum atomic E-state index is 11.4. The van der Waals surface area contributed by atoms with Gasteiger partial charge in [0.05, 0.1) is 18.6 Å². The topological polar surface area (TPSA) is 50.4 Å². The second-order valence-electron chi connectivity index (χ2n) is 3.42. The smallest absolute Gasteiger partial charge is 0.225 e. The highest BCUT2D eigenvalue weighted by atomic mass is 16.5. The fourth-order valence-corrected chi connectivity index (χ4v) is 1.44. The maximum absolute atomic E-state index is 11.4. The second-order valence-corrected chi connectivity index (χ2v) is 3.42. The van der Waals surface area contributed by atoms with E-state index in [2.05, 4.69) is 10.6 Å². The van der Waals surface area contributed by atoms with Gasteiger partial charge in [-0.1, -0.05) is 0 Å². The van der Waals surface area contributed by atoms with Gasteiger partial charge in [0.15, 0.2) is 0 Å². The number of carbonyl (C=O) groups is 1. The Balaban J connectivity index is 1.73. The average molecular weight is 170 g/mol. The van der Waals surface area contributed by atoms with Crippen LogP contribution in [0.3, 0.4) is 0 Å². The molecule has 0 aromatic rings. The fraction of sp³-hybridized carbons (Fsp3) is 0.875. The van der Waals surface area contributed by atoms with Gasteiger partial charge in [0.25, 0.3) is 0 Å². The molecule has 0 aromatic carbocycles. The van der Waals surface area contributed by atoms with E-state index in [1.54, 1.807) is 0 Å². The van der Waals surface area contributed by atoms with Crippen LogP contribution in [-0.4, -0.2) is 38.3 Å². The van der Waals surface area contributed by atoms with Crippen molar-refractivity contribution in [3.63, 3.8) is 0 Å². The second kappa shape index (κ2) is 3.41. The van der Waals surface area contributed by atoms with Crippen LogP contribution in [-0.2, 0) is 9.53 Å². The summed E-state index contributed by atoms with van der Waals surface area (Å²) >= 11 is 0. The van der Waals surface area contributed by atoms with E-state index < -0.39 is 0 Å². The molecule has 1 atom stereocenters. The highest BCUT2D eigenvalue weighted by Gasteiger charge is 2.27. The molecule has 12 heavy (non-hydrogen) atoms. The number of nitrogens with one attached hydrogen (secondary N) is 2. The van der Waals surface area contributed by atoms with E-state index in [-0.39, 0.29) is 17.9 Å². The summed E-state index contributed by atoms with van der Waals surface area (Å²) < 4.78 is 5.16. The van der Waals surface area contributed by atoms with Crippen LogP contribution in [0.4, 0.5) is 0 Å². The molecule has 68 valence electrons. The first kappa shape index (κ1) is 8.01. The third-order valence-corrected chi connectivity index (χ3v) is 2.43. The minimum atomic E-state index is 0.184. The summed E-state index contributed by atoms with van der Waals surface area (Å²) in [6.07, 6.45) is 0.964. The van der Waals surface area contributed by atoms with Gasteiger partial charge < -0.3 is 15.4 Å². The monoisotopic (exact) mass is 170 g/mol. The zero-order chi connectivity index (χ0) is 8.39. The van der Waals surface area contributed by atoms with Gasteiger partial charge in [-0.05, 0) is 6.42 Å². The molecule has 0 saturated carbocycles. The van der Waals surface area contributed by atoms with Crippen molar-refractivity contribution in [2.75, 3.05) is 26.3 Å². The largest absolute Gasteiger partial charge is 0.379 e. The fourth-order valence-electron chi connectivity index (χ4n) is 1.44. The minimum absolute atomic E-state index is 0.184. The van der Waals surface area contributed by atoms with Gasteiger partial charge in [-0.15, -0.1) is 0 Å². The normalized spacial score (nSPS) is 29.8. The summed E-state index contributed by atoms with van der Waals surface area (Å²) in [4.78, 5) is 11.4. The predicted molar refractivity (Wildman–Crippen MR) is 43.7 cm³/mol. The van der Waals surface area contributed by atoms with Crippen molar-refractivity contribution in [2.24, 2.45) is 5.92 Å². The third kappa shape index (κ3) is 1.59. The summed E-state index contributed by atoms with van der Waals surface area (Å²) in [6, 6.07) is 0.262. The third-order valence-electron chi connectivity index (χ3n) is 2.43. The predicted octanol–water partition coefficient (Wildman–Crippen LogP) is -0.889. The van der Waals surface area contributed by atoms with E-state index >= 15 is 0 Å². The van der Waals surface area contributed by atoms with E-state index in [0.717, 1.165) is 26.1 Å². The lowest BCUT2D eigenvalue weighted by atomic mass is 10.0. The standard InChI is InChI=1S/C8H14N2O2/c11-8(6-3-9-4-6)10-7-1-2-12-5-7/h6-7,9H,1-5H2,(H,10,11). The van der Waals surface area contributed by atoms with Gasteiger partial charge in [0.1, 0.15) is 0 Å². The summed E-state index contributed by atoms with van der Waals surface area (Å²) in [5.41, 5.74) is 0. The molecule has 2 N–H and O–H groups in total. The van der Waals surface area contributed by atoms with Crippen LogP contribution in [0.5, 0.6) is 0 Å². The average Bonchev–Trinajstić information content (AvgIpc) is 2.34. The molecule has 0 aliphatic carbocycles. The molecule has 0 aromatic heterocycles. The van der Waals surface area contributed by atoms with E-state index in [1.165, 1.54) is 0 Å². The van der Waals surface area contributed by atoms with Gasteiger partial charge in [-0.3, -0.25) is 4.79 Å². The molecular weight excluding hydrogens is 156 g/mol.